The van der Waals surface area contributed by atoms with E-state index in [1.54, 1.807) is 11.0 Å². The summed E-state index contributed by atoms with van der Waals surface area (Å²) in [7, 11) is 0. The van der Waals surface area contributed by atoms with Crippen molar-refractivity contribution in [3.63, 3.8) is 0 Å². The number of guanidine groups is 1. The molecule has 26 heavy (non-hydrogen) atoms. The first kappa shape index (κ1) is 16.3. The lowest BCUT2D eigenvalue weighted by Gasteiger charge is -2.19. The summed E-state index contributed by atoms with van der Waals surface area (Å²) < 4.78 is 1.73. The van der Waals surface area contributed by atoms with Crippen molar-refractivity contribution in [1.29, 1.82) is 0 Å². The van der Waals surface area contributed by atoms with Crippen LogP contribution < -0.4 is 11.1 Å². The summed E-state index contributed by atoms with van der Waals surface area (Å²) in [6, 6.07) is 14.4. The molecule has 0 amide bonds. The molecule has 0 atom stereocenters. The Bertz CT molecular complexity index is 914. The van der Waals surface area contributed by atoms with Crippen LogP contribution in [-0.2, 0) is 19.4 Å². The number of benzene rings is 2. The second-order valence-electron chi connectivity index (χ2n) is 6.49. The van der Waals surface area contributed by atoms with Crippen LogP contribution in [0.5, 0.6) is 0 Å². The van der Waals surface area contributed by atoms with Gasteiger partial charge in [0, 0.05) is 5.69 Å². The fraction of sp³-hybridized carbons (Fsp3) is 0.250. The molecule has 132 valence electrons. The Morgan fingerprint density at radius 1 is 1.15 bits per heavy atom. The molecule has 0 spiro atoms. The summed E-state index contributed by atoms with van der Waals surface area (Å²) >= 11 is 0. The van der Waals surface area contributed by atoms with Crippen LogP contribution in [-0.4, -0.2) is 20.7 Å². The number of nitrogens with one attached hydrogen (secondary N) is 1. The molecule has 3 aromatic rings. The van der Waals surface area contributed by atoms with E-state index in [1.165, 1.54) is 30.3 Å². The van der Waals surface area contributed by atoms with Gasteiger partial charge in [-0.3, -0.25) is 0 Å². The Morgan fingerprint density at radius 3 is 2.92 bits per heavy atom. The van der Waals surface area contributed by atoms with Gasteiger partial charge in [-0.25, -0.2) is 14.7 Å². The first-order chi connectivity index (χ1) is 12.8. The van der Waals surface area contributed by atoms with Crippen LogP contribution in [0.2, 0.25) is 0 Å². The Balaban J connectivity index is 1.47. The van der Waals surface area contributed by atoms with Gasteiger partial charge in [-0.05, 0) is 60.6 Å². The van der Waals surface area contributed by atoms with Crippen molar-refractivity contribution in [3.05, 3.63) is 71.8 Å². The minimum absolute atomic E-state index is 0.440. The molecule has 3 N–H and O–H groups in total. The van der Waals surface area contributed by atoms with Crippen molar-refractivity contribution in [2.24, 2.45) is 10.7 Å². The predicted molar refractivity (Wildman–Crippen MR) is 103 cm³/mol. The minimum atomic E-state index is 0.440. The number of rotatable bonds is 4. The number of fused-ring (bicyclic) bond motifs is 1. The van der Waals surface area contributed by atoms with Crippen LogP contribution >= 0.6 is 0 Å². The average Bonchev–Trinajstić information content (AvgIpc) is 3.22. The average molecular weight is 346 g/mol. The summed E-state index contributed by atoms with van der Waals surface area (Å²) in [5, 5.41) is 7.43. The Morgan fingerprint density at radius 2 is 2.04 bits per heavy atom. The van der Waals surface area contributed by atoms with Crippen molar-refractivity contribution in [3.8, 4) is 5.69 Å². The fourth-order valence-electron chi connectivity index (χ4n) is 3.39. The van der Waals surface area contributed by atoms with Crippen molar-refractivity contribution in [2.45, 2.75) is 32.2 Å². The SMILES string of the molecule is NC(=NCc1cccc(-n2cncn2)c1)Nc1cccc2c1CCCC2. The molecule has 0 saturated carbocycles. The maximum Gasteiger partial charge on any atom is 0.193 e. The summed E-state index contributed by atoms with van der Waals surface area (Å²) in [5.41, 5.74) is 12.0. The third-order valence-electron chi connectivity index (χ3n) is 4.68. The molecule has 0 saturated heterocycles. The molecule has 6 nitrogen and oxygen atoms in total. The topological polar surface area (TPSA) is 81.1 Å². The lowest BCUT2D eigenvalue weighted by Crippen LogP contribution is -2.24. The molecule has 1 aliphatic rings. The van der Waals surface area contributed by atoms with E-state index in [0.29, 0.717) is 12.5 Å². The molecule has 6 heteroatoms. The van der Waals surface area contributed by atoms with Gasteiger partial charge >= 0.3 is 0 Å². The van der Waals surface area contributed by atoms with E-state index in [4.69, 9.17) is 5.73 Å². The monoisotopic (exact) mass is 346 g/mol. The van der Waals surface area contributed by atoms with E-state index in [-0.39, 0.29) is 0 Å². The van der Waals surface area contributed by atoms with E-state index < -0.39 is 0 Å². The third kappa shape index (κ3) is 3.59. The highest BCUT2D eigenvalue weighted by molar-refractivity contribution is 5.93. The van der Waals surface area contributed by atoms with Crippen LogP contribution in [0, 0.1) is 0 Å². The Kier molecular flexibility index (Phi) is 4.64. The van der Waals surface area contributed by atoms with Gasteiger partial charge in [0.15, 0.2) is 5.96 Å². The van der Waals surface area contributed by atoms with Crippen LogP contribution in [0.15, 0.2) is 60.1 Å². The number of hydrogen-bond acceptors (Lipinski definition) is 3. The third-order valence-corrected chi connectivity index (χ3v) is 4.68. The summed E-state index contributed by atoms with van der Waals surface area (Å²) in [5.74, 6) is 0.440. The van der Waals surface area contributed by atoms with Gasteiger partial charge < -0.3 is 11.1 Å². The fourth-order valence-corrected chi connectivity index (χ4v) is 3.39. The minimum Gasteiger partial charge on any atom is -0.370 e. The summed E-state index contributed by atoms with van der Waals surface area (Å²) in [6.07, 6.45) is 7.95. The molecule has 0 aliphatic heterocycles. The number of aryl methyl sites for hydroxylation is 1. The van der Waals surface area contributed by atoms with Crippen molar-refractivity contribution in [2.75, 3.05) is 5.32 Å². The van der Waals surface area contributed by atoms with Gasteiger partial charge in [0.25, 0.3) is 0 Å². The normalized spacial score (nSPS) is 14.1. The summed E-state index contributed by atoms with van der Waals surface area (Å²) in [6.45, 7) is 0.510. The van der Waals surface area contributed by atoms with Gasteiger partial charge in [0.2, 0.25) is 0 Å². The number of aliphatic imine (C=N–C) groups is 1. The maximum absolute atomic E-state index is 6.13. The van der Waals surface area contributed by atoms with Crippen molar-refractivity contribution < 1.29 is 0 Å². The molecule has 0 unspecified atom stereocenters. The zero-order chi connectivity index (χ0) is 17.8. The molecule has 1 aliphatic carbocycles. The van der Waals surface area contributed by atoms with Crippen LogP contribution in [0.25, 0.3) is 5.69 Å². The van der Waals surface area contributed by atoms with Gasteiger partial charge in [-0.2, -0.15) is 5.10 Å². The number of hydrogen-bond donors (Lipinski definition) is 2. The molecule has 0 fully saturated rings. The number of nitrogens with zero attached hydrogens (tertiary/aromatic N) is 4. The van der Waals surface area contributed by atoms with E-state index in [2.05, 4.69) is 38.6 Å². The van der Waals surface area contributed by atoms with Gasteiger partial charge in [-0.15, -0.1) is 0 Å². The highest BCUT2D eigenvalue weighted by Crippen LogP contribution is 2.27. The molecule has 2 aromatic carbocycles. The van der Waals surface area contributed by atoms with Gasteiger partial charge in [0.05, 0.1) is 12.2 Å². The lowest BCUT2D eigenvalue weighted by atomic mass is 9.90. The van der Waals surface area contributed by atoms with E-state index >= 15 is 0 Å². The van der Waals surface area contributed by atoms with Crippen LogP contribution in [0.4, 0.5) is 5.69 Å². The number of aromatic nitrogens is 3. The molecule has 0 radical (unpaired) electrons. The molecule has 1 aromatic heterocycles. The molecule has 0 bridgehead atoms. The van der Waals surface area contributed by atoms with Crippen LogP contribution in [0.3, 0.4) is 0 Å². The Labute approximate surface area is 152 Å². The second kappa shape index (κ2) is 7.39. The highest BCUT2D eigenvalue weighted by atomic mass is 15.3. The maximum atomic E-state index is 6.13. The largest absolute Gasteiger partial charge is 0.370 e. The standard InChI is InChI=1S/C20H22N6/c21-20(25-19-10-4-7-16-6-1-2-9-18(16)19)23-12-15-5-3-8-17(11-15)26-14-22-13-24-26/h3-5,7-8,10-11,13-14H,1-2,6,9,12H2,(H3,21,23,25). The first-order valence-corrected chi connectivity index (χ1v) is 8.91. The van der Waals surface area contributed by atoms with E-state index in [9.17, 15) is 0 Å². The molecular formula is C20H22N6. The molecule has 1 heterocycles. The number of nitrogens with two attached hydrogens (primary N) is 1. The summed E-state index contributed by atoms with van der Waals surface area (Å²) in [4.78, 5) is 8.48. The molecular weight excluding hydrogens is 324 g/mol. The lowest BCUT2D eigenvalue weighted by molar-refractivity contribution is 0.687. The zero-order valence-electron chi connectivity index (χ0n) is 14.6. The Hall–Kier alpha value is -3.15. The highest BCUT2D eigenvalue weighted by Gasteiger charge is 2.13. The smallest absolute Gasteiger partial charge is 0.193 e. The van der Waals surface area contributed by atoms with Crippen molar-refractivity contribution >= 4 is 11.6 Å². The van der Waals surface area contributed by atoms with Crippen LogP contribution in [0.1, 0.15) is 29.5 Å². The van der Waals surface area contributed by atoms with E-state index in [1.807, 2.05) is 24.3 Å². The number of anilines is 1. The molecule has 4 rings (SSSR count). The predicted octanol–water partition coefficient (Wildman–Crippen LogP) is 3.07. The zero-order valence-corrected chi connectivity index (χ0v) is 14.6. The quantitative estimate of drug-likeness (QED) is 0.562. The van der Waals surface area contributed by atoms with Gasteiger partial charge in [-0.1, -0.05) is 24.3 Å². The van der Waals surface area contributed by atoms with Gasteiger partial charge in [0.1, 0.15) is 12.7 Å². The first-order valence-electron chi connectivity index (χ1n) is 8.91. The van der Waals surface area contributed by atoms with Crippen molar-refractivity contribution in [1.82, 2.24) is 14.8 Å². The second-order valence-corrected chi connectivity index (χ2v) is 6.49. The van der Waals surface area contributed by atoms with E-state index in [0.717, 1.165) is 29.8 Å².